The molecule has 1 aliphatic heterocycles. The van der Waals surface area contributed by atoms with Crippen LogP contribution in [0.4, 0.5) is 4.79 Å². The van der Waals surface area contributed by atoms with Gasteiger partial charge < -0.3 is 9.47 Å². The molecule has 1 amide bonds. The third-order valence-electron chi connectivity index (χ3n) is 3.53. The number of carbonyl (C=O) groups is 2. The van der Waals surface area contributed by atoms with Crippen LogP contribution in [0.3, 0.4) is 0 Å². The van der Waals surface area contributed by atoms with Gasteiger partial charge in [0.25, 0.3) is 0 Å². The lowest BCUT2D eigenvalue weighted by Gasteiger charge is -2.20. The molecule has 5 nitrogen and oxygen atoms in total. The number of carbonyl (C=O) groups excluding carboxylic acids is 2. The lowest BCUT2D eigenvalue weighted by atomic mass is 10.1. The van der Waals surface area contributed by atoms with E-state index < -0.39 is 11.6 Å². The van der Waals surface area contributed by atoms with Crippen molar-refractivity contribution in [3.63, 3.8) is 0 Å². The van der Waals surface area contributed by atoms with Crippen LogP contribution in [-0.4, -0.2) is 35.7 Å². The number of rotatable bonds is 3. The molecule has 0 saturated carbocycles. The Morgan fingerprint density at radius 1 is 1.17 bits per heavy atom. The predicted molar refractivity (Wildman–Crippen MR) is 86.8 cm³/mol. The molecule has 23 heavy (non-hydrogen) atoms. The number of ether oxygens (including phenoxy) is 2. The summed E-state index contributed by atoms with van der Waals surface area (Å²) in [7, 11) is 1.34. The second-order valence-corrected chi connectivity index (χ2v) is 6.57. The standard InChI is InChI=1S/C18H23NO4/c1-12(16(20)22-5)11-14-15(13-9-7-6-8-10-13)19(14)17(21)23-18(2,3)4/h6-11,14-15H,1-5H3/b12-11+/t14-,15-,19?/m0/s1. The highest BCUT2D eigenvalue weighted by Gasteiger charge is 2.52. The highest BCUT2D eigenvalue weighted by Crippen LogP contribution is 2.45. The first kappa shape index (κ1) is 17.1. The molecule has 0 aliphatic carbocycles. The Balaban J connectivity index is 2.24. The van der Waals surface area contributed by atoms with Crippen molar-refractivity contribution in [3.05, 3.63) is 47.5 Å². The second kappa shape index (κ2) is 6.44. The zero-order valence-electron chi connectivity index (χ0n) is 14.2. The molecule has 1 heterocycles. The van der Waals surface area contributed by atoms with E-state index in [4.69, 9.17) is 9.47 Å². The summed E-state index contributed by atoms with van der Waals surface area (Å²) in [5, 5.41) is 0. The van der Waals surface area contributed by atoms with E-state index in [0.29, 0.717) is 5.57 Å². The molecule has 1 aromatic rings. The molecule has 2 rings (SSSR count). The summed E-state index contributed by atoms with van der Waals surface area (Å²) in [6, 6.07) is 9.38. The van der Waals surface area contributed by atoms with E-state index in [1.165, 1.54) is 7.11 Å². The van der Waals surface area contributed by atoms with E-state index >= 15 is 0 Å². The van der Waals surface area contributed by atoms with Crippen LogP contribution in [0.2, 0.25) is 0 Å². The van der Waals surface area contributed by atoms with Crippen molar-refractivity contribution in [2.75, 3.05) is 7.11 Å². The Kier molecular flexibility index (Phi) is 4.78. The molecule has 0 radical (unpaired) electrons. The van der Waals surface area contributed by atoms with Gasteiger partial charge in [-0.05, 0) is 39.3 Å². The van der Waals surface area contributed by atoms with Crippen LogP contribution < -0.4 is 0 Å². The number of esters is 1. The lowest BCUT2D eigenvalue weighted by Crippen LogP contribution is -2.28. The van der Waals surface area contributed by atoms with Crippen LogP contribution in [-0.2, 0) is 14.3 Å². The Morgan fingerprint density at radius 3 is 2.30 bits per heavy atom. The van der Waals surface area contributed by atoms with E-state index in [1.807, 2.05) is 51.1 Å². The van der Waals surface area contributed by atoms with Crippen LogP contribution in [0.5, 0.6) is 0 Å². The fraction of sp³-hybridized carbons (Fsp3) is 0.444. The molecule has 0 aromatic heterocycles. The van der Waals surface area contributed by atoms with Gasteiger partial charge in [-0.15, -0.1) is 0 Å². The number of benzene rings is 1. The fourth-order valence-corrected chi connectivity index (χ4v) is 2.46. The molecule has 0 spiro atoms. The zero-order chi connectivity index (χ0) is 17.2. The van der Waals surface area contributed by atoms with Gasteiger partial charge in [-0.25, -0.2) is 9.59 Å². The Morgan fingerprint density at radius 2 is 1.78 bits per heavy atom. The molecule has 0 N–H and O–H groups in total. The van der Waals surface area contributed by atoms with Crippen molar-refractivity contribution in [2.45, 2.75) is 45.4 Å². The van der Waals surface area contributed by atoms with Crippen molar-refractivity contribution in [2.24, 2.45) is 0 Å². The second-order valence-electron chi connectivity index (χ2n) is 6.57. The summed E-state index contributed by atoms with van der Waals surface area (Å²) >= 11 is 0. The maximum Gasteiger partial charge on any atom is 0.411 e. The molecular formula is C18H23NO4. The molecule has 1 aromatic carbocycles. The van der Waals surface area contributed by atoms with Gasteiger partial charge in [0.1, 0.15) is 5.60 Å². The molecule has 124 valence electrons. The minimum atomic E-state index is -0.563. The van der Waals surface area contributed by atoms with Gasteiger partial charge in [-0.2, -0.15) is 0 Å². The number of methoxy groups -OCH3 is 1. The number of hydrogen-bond acceptors (Lipinski definition) is 4. The van der Waals surface area contributed by atoms with E-state index in [2.05, 4.69) is 0 Å². The summed E-state index contributed by atoms with van der Waals surface area (Å²) in [6.07, 6.45) is 1.37. The first-order valence-corrected chi connectivity index (χ1v) is 7.57. The predicted octanol–water partition coefficient (Wildman–Crippen LogP) is 3.47. The van der Waals surface area contributed by atoms with Gasteiger partial charge >= 0.3 is 12.1 Å². The van der Waals surface area contributed by atoms with Crippen molar-refractivity contribution in [3.8, 4) is 0 Å². The van der Waals surface area contributed by atoms with Crippen molar-refractivity contribution < 1.29 is 19.1 Å². The highest BCUT2D eigenvalue weighted by atomic mass is 16.6. The van der Waals surface area contributed by atoms with E-state index in [0.717, 1.165) is 5.56 Å². The smallest absolute Gasteiger partial charge is 0.411 e. The monoisotopic (exact) mass is 317 g/mol. The van der Waals surface area contributed by atoms with Crippen molar-refractivity contribution in [1.82, 2.24) is 4.90 Å². The van der Waals surface area contributed by atoms with Crippen LogP contribution in [0.15, 0.2) is 42.0 Å². The van der Waals surface area contributed by atoms with Crippen LogP contribution >= 0.6 is 0 Å². The summed E-state index contributed by atoms with van der Waals surface area (Å²) in [5.41, 5.74) is 0.925. The van der Waals surface area contributed by atoms with Gasteiger partial charge in [-0.1, -0.05) is 30.3 Å². The maximum absolute atomic E-state index is 12.4. The third kappa shape index (κ3) is 4.12. The van der Waals surface area contributed by atoms with E-state index in [9.17, 15) is 9.59 Å². The first-order valence-electron chi connectivity index (χ1n) is 7.57. The highest BCUT2D eigenvalue weighted by molar-refractivity contribution is 5.88. The Labute approximate surface area is 136 Å². The lowest BCUT2D eigenvalue weighted by molar-refractivity contribution is -0.136. The maximum atomic E-state index is 12.4. The normalized spacial score (nSPS) is 20.9. The quantitative estimate of drug-likeness (QED) is 0.487. The minimum Gasteiger partial charge on any atom is -0.466 e. The van der Waals surface area contributed by atoms with Gasteiger partial charge in [0, 0.05) is 5.57 Å². The fourth-order valence-electron chi connectivity index (χ4n) is 2.46. The van der Waals surface area contributed by atoms with Crippen LogP contribution in [0, 0.1) is 0 Å². The van der Waals surface area contributed by atoms with Gasteiger partial charge in [-0.3, -0.25) is 4.90 Å². The molecule has 1 fully saturated rings. The van der Waals surface area contributed by atoms with Crippen LogP contribution in [0.1, 0.15) is 39.3 Å². The Hall–Kier alpha value is -2.30. The molecular weight excluding hydrogens is 294 g/mol. The number of nitrogens with zero attached hydrogens (tertiary/aromatic N) is 1. The molecule has 1 saturated heterocycles. The molecule has 2 atom stereocenters. The summed E-state index contributed by atoms with van der Waals surface area (Å²) in [5.74, 6) is -0.396. The summed E-state index contributed by atoms with van der Waals surface area (Å²) in [4.78, 5) is 25.6. The number of amides is 1. The van der Waals surface area contributed by atoms with Gasteiger partial charge in [0.05, 0.1) is 19.2 Å². The molecule has 5 heteroatoms. The van der Waals surface area contributed by atoms with Gasteiger partial charge in [0.15, 0.2) is 0 Å². The zero-order valence-corrected chi connectivity index (χ0v) is 14.2. The summed E-state index contributed by atoms with van der Waals surface area (Å²) in [6.45, 7) is 7.17. The topological polar surface area (TPSA) is 55.6 Å². The minimum absolute atomic E-state index is 0.120. The SMILES string of the molecule is COC(=O)/C(C)=C/[C@H]1[C@H](c2ccccc2)N1C(=O)OC(C)(C)C. The van der Waals surface area contributed by atoms with Gasteiger partial charge in [0.2, 0.25) is 0 Å². The van der Waals surface area contributed by atoms with E-state index in [1.54, 1.807) is 17.9 Å². The Bertz CT molecular complexity index is 616. The average molecular weight is 317 g/mol. The largest absolute Gasteiger partial charge is 0.466 e. The third-order valence-corrected chi connectivity index (χ3v) is 3.53. The van der Waals surface area contributed by atoms with Crippen LogP contribution in [0.25, 0.3) is 0 Å². The average Bonchev–Trinajstić information content (AvgIpc) is 3.19. The number of hydrogen-bond donors (Lipinski definition) is 0. The van der Waals surface area contributed by atoms with E-state index in [-0.39, 0.29) is 18.2 Å². The first-order chi connectivity index (χ1) is 10.7. The van der Waals surface area contributed by atoms with Crippen molar-refractivity contribution in [1.29, 1.82) is 0 Å². The van der Waals surface area contributed by atoms with Crippen molar-refractivity contribution >= 4 is 12.1 Å². The molecule has 0 bridgehead atoms. The summed E-state index contributed by atoms with van der Waals surface area (Å²) < 4.78 is 10.2. The molecule has 0 unspecified atom stereocenters. The molecule has 1 aliphatic rings.